The molecular formula is C21H17ClF3NO5. The minimum absolute atomic E-state index is 0.0000236. The molecule has 0 saturated carbocycles. The molecule has 164 valence electrons. The molecule has 2 aromatic rings. The van der Waals surface area contributed by atoms with Gasteiger partial charge in [-0.05, 0) is 31.2 Å². The number of aromatic nitrogens is 1. The molecule has 1 heterocycles. The van der Waals surface area contributed by atoms with Gasteiger partial charge in [-0.15, -0.1) is 0 Å². The van der Waals surface area contributed by atoms with Gasteiger partial charge < -0.3 is 19.4 Å². The Bertz CT molecular complexity index is 1080. The maximum absolute atomic E-state index is 12.8. The monoisotopic (exact) mass is 455 g/mol. The van der Waals surface area contributed by atoms with E-state index in [9.17, 15) is 27.9 Å². The quantitative estimate of drug-likeness (QED) is 0.628. The number of hydrogen-bond donors (Lipinski definition) is 1. The number of halogens is 4. The van der Waals surface area contributed by atoms with Crippen LogP contribution in [0, 0.1) is 5.92 Å². The summed E-state index contributed by atoms with van der Waals surface area (Å²) in [5, 5.41) is 10.2. The third-order valence-corrected chi connectivity index (χ3v) is 4.95. The van der Waals surface area contributed by atoms with E-state index in [0.717, 1.165) is 0 Å². The molecule has 0 spiro atoms. The Morgan fingerprint density at radius 1 is 1.32 bits per heavy atom. The second-order valence-electron chi connectivity index (χ2n) is 6.96. The maximum atomic E-state index is 12.8. The molecule has 3 rings (SSSR count). The van der Waals surface area contributed by atoms with Crippen LogP contribution in [0.25, 0.3) is 5.57 Å². The summed E-state index contributed by atoms with van der Waals surface area (Å²) in [6, 6.07) is 4.99. The lowest BCUT2D eigenvalue weighted by Crippen LogP contribution is -2.06. The number of aliphatic hydroxyl groups is 1. The van der Waals surface area contributed by atoms with Gasteiger partial charge in [0.1, 0.15) is 28.1 Å². The first-order valence-corrected chi connectivity index (χ1v) is 9.43. The third-order valence-electron chi connectivity index (χ3n) is 4.68. The molecule has 0 fully saturated rings. The number of ketones is 2. The van der Waals surface area contributed by atoms with Gasteiger partial charge in [0.15, 0.2) is 5.78 Å². The van der Waals surface area contributed by atoms with E-state index < -0.39 is 17.7 Å². The van der Waals surface area contributed by atoms with Gasteiger partial charge in [-0.25, -0.2) is 4.98 Å². The van der Waals surface area contributed by atoms with Crippen molar-refractivity contribution in [1.82, 2.24) is 4.98 Å². The fraction of sp³-hybridized carbons (Fsp3) is 0.286. The highest BCUT2D eigenvalue weighted by Gasteiger charge is 2.35. The van der Waals surface area contributed by atoms with Crippen LogP contribution < -0.4 is 9.47 Å². The average Bonchev–Trinajstić information content (AvgIpc) is 2.95. The summed E-state index contributed by atoms with van der Waals surface area (Å²) in [4.78, 5) is 27.6. The van der Waals surface area contributed by atoms with Gasteiger partial charge in [0.05, 0.1) is 18.2 Å². The predicted molar refractivity (Wildman–Crippen MR) is 105 cm³/mol. The third kappa shape index (κ3) is 4.82. The molecular weight excluding hydrogens is 439 g/mol. The first-order valence-electron chi connectivity index (χ1n) is 9.06. The highest BCUT2D eigenvalue weighted by Crippen LogP contribution is 2.42. The van der Waals surface area contributed by atoms with Gasteiger partial charge in [0.25, 0.3) is 0 Å². The van der Waals surface area contributed by atoms with Crippen molar-refractivity contribution in [3.8, 4) is 17.4 Å². The van der Waals surface area contributed by atoms with Crippen LogP contribution in [0.15, 0.2) is 36.2 Å². The zero-order valence-corrected chi connectivity index (χ0v) is 17.2. The summed E-state index contributed by atoms with van der Waals surface area (Å²) in [7, 11) is 1.37. The highest BCUT2D eigenvalue weighted by molar-refractivity contribution is 6.31. The van der Waals surface area contributed by atoms with E-state index in [1.165, 1.54) is 32.2 Å². The second kappa shape index (κ2) is 8.58. The summed E-state index contributed by atoms with van der Waals surface area (Å²) in [5.41, 5.74) is -0.806. The molecule has 31 heavy (non-hydrogen) atoms. The normalized spacial score (nSPS) is 16.6. The van der Waals surface area contributed by atoms with Crippen LogP contribution in [0.5, 0.6) is 17.4 Å². The molecule has 1 N–H and O–H groups in total. The fourth-order valence-electron chi connectivity index (χ4n) is 3.29. The van der Waals surface area contributed by atoms with Gasteiger partial charge in [-0.2, -0.15) is 13.2 Å². The van der Waals surface area contributed by atoms with Crippen molar-refractivity contribution in [3.05, 3.63) is 52.4 Å². The van der Waals surface area contributed by atoms with Crippen molar-refractivity contribution in [2.75, 3.05) is 7.11 Å². The van der Waals surface area contributed by atoms with Crippen molar-refractivity contribution in [2.45, 2.75) is 25.9 Å². The van der Waals surface area contributed by atoms with E-state index in [-0.39, 0.29) is 63.7 Å². The van der Waals surface area contributed by atoms with Crippen LogP contribution in [-0.2, 0) is 15.8 Å². The number of methoxy groups -OCH3 is 1. The van der Waals surface area contributed by atoms with Gasteiger partial charge in [-0.1, -0.05) is 11.6 Å². The standard InChI is InChI=1S/C21H17ClF3NO5/c1-10(27)5-11-6-16(28)18(19(11)29)14-8-13(3-4-17(14)30-2)31-20-15(22)7-12(9-26-20)21(23,24)25/h3-4,7-9,11,29H,5-6H2,1-2H3. The fourth-order valence-corrected chi connectivity index (χ4v) is 3.49. The predicted octanol–water partition coefficient (Wildman–Crippen LogP) is 5.39. The van der Waals surface area contributed by atoms with E-state index in [1.54, 1.807) is 0 Å². The van der Waals surface area contributed by atoms with Gasteiger partial charge in [-0.3, -0.25) is 4.79 Å². The number of ether oxygens (including phenoxy) is 2. The summed E-state index contributed by atoms with van der Waals surface area (Å²) < 4.78 is 49.1. The number of benzene rings is 1. The number of rotatable bonds is 6. The summed E-state index contributed by atoms with van der Waals surface area (Å²) in [6.07, 6.45) is -4.02. The SMILES string of the molecule is COc1ccc(Oc2ncc(C(F)(F)F)cc2Cl)cc1C1=C(O)C(CC(C)=O)CC1=O. The molecule has 1 aliphatic carbocycles. The summed E-state index contributed by atoms with van der Waals surface area (Å²) >= 11 is 5.88. The van der Waals surface area contributed by atoms with Crippen LogP contribution in [-0.4, -0.2) is 28.8 Å². The maximum Gasteiger partial charge on any atom is 0.417 e. The molecule has 0 aliphatic heterocycles. The van der Waals surface area contributed by atoms with E-state index >= 15 is 0 Å². The van der Waals surface area contributed by atoms with Gasteiger partial charge in [0.2, 0.25) is 5.88 Å². The number of Topliss-reactive ketones (excluding diaryl/α,β-unsaturated/α-hetero) is 2. The van der Waals surface area contributed by atoms with Crippen molar-refractivity contribution >= 4 is 28.7 Å². The van der Waals surface area contributed by atoms with Crippen LogP contribution in [0.4, 0.5) is 13.2 Å². The number of aliphatic hydroxyl groups excluding tert-OH is 1. The minimum atomic E-state index is -4.61. The number of allylic oxidation sites excluding steroid dienone is 2. The minimum Gasteiger partial charge on any atom is -0.511 e. The average molecular weight is 456 g/mol. The van der Waals surface area contributed by atoms with Crippen molar-refractivity contribution in [3.63, 3.8) is 0 Å². The molecule has 1 aliphatic rings. The van der Waals surface area contributed by atoms with E-state index in [1.807, 2.05) is 0 Å². The number of nitrogens with zero attached hydrogens (tertiary/aromatic N) is 1. The smallest absolute Gasteiger partial charge is 0.417 e. The number of carbonyl (C=O) groups is 2. The largest absolute Gasteiger partial charge is 0.511 e. The molecule has 0 saturated heterocycles. The summed E-state index contributed by atoms with van der Waals surface area (Å²) in [6.45, 7) is 1.37. The molecule has 1 aromatic carbocycles. The van der Waals surface area contributed by atoms with Crippen molar-refractivity contribution < 1.29 is 37.3 Å². The van der Waals surface area contributed by atoms with Crippen LogP contribution >= 0.6 is 11.6 Å². The molecule has 0 radical (unpaired) electrons. The zero-order chi connectivity index (χ0) is 22.9. The highest BCUT2D eigenvalue weighted by atomic mass is 35.5. The first-order chi connectivity index (χ1) is 14.5. The van der Waals surface area contributed by atoms with E-state index in [2.05, 4.69) is 4.98 Å². The summed E-state index contributed by atoms with van der Waals surface area (Å²) in [5.74, 6) is -1.29. The first kappa shape index (κ1) is 22.6. The molecule has 0 bridgehead atoms. The van der Waals surface area contributed by atoms with Crippen molar-refractivity contribution in [1.29, 1.82) is 0 Å². The molecule has 6 nitrogen and oxygen atoms in total. The molecule has 1 atom stereocenters. The van der Waals surface area contributed by atoms with Crippen molar-refractivity contribution in [2.24, 2.45) is 5.92 Å². The molecule has 1 aromatic heterocycles. The Kier molecular flexibility index (Phi) is 6.26. The van der Waals surface area contributed by atoms with Gasteiger partial charge >= 0.3 is 6.18 Å². The Hall–Kier alpha value is -3.07. The van der Waals surface area contributed by atoms with E-state index in [0.29, 0.717) is 12.3 Å². The number of hydrogen-bond acceptors (Lipinski definition) is 6. The Morgan fingerprint density at radius 2 is 2.03 bits per heavy atom. The Labute approximate surface area is 180 Å². The molecule has 1 unspecified atom stereocenters. The second-order valence-corrected chi connectivity index (χ2v) is 7.37. The Balaban J connectivity index is 1.98. The topological polar surface area (TPSA) is 85.7 Å². The molecule has 10 heteroatoms. The van der Waals surface area contributed by atoms with Crippen LogP contribution in [0.3, 0.4) is 0 Å². The number of carbonyl (C=O) groups excluding carboxylic acids is 2. The van der Waals surface area contributed by atoms with Gasteiger partial charge in [0, 0.05) is 30.5 Å². The molecule has 0 amide bonds. The number of alkyl halides is 3. The van der Waals surface area contributed by atoms with E-state index in [4.69, 9.17) is 21.1 Å². The Morgan fingerprint density at radius 3 is 2.61 bits per heavy atom. The number of pyridine rings is 1. The zero-order valence-electron chi connectivity index (χ0n) is 16.4. The lowest BCUT2D eigenvalue weighted by molar-refractivity contribution is -0.137. The van der Waals surface area contributed by atoms with Crippen LogP contribution in [0.1, 0.15) is 30.9 Å². The lowest BCUT2D eigenvalue weighted by Gasteiger charge is -2.13. The van der Waals surface area contributed by atoms with Crippen LogP contribution in [0.2, 0.25) is 5.02 Å². The lowest BCUT2D eigenvalue weighted by atomic mass is 10.0.